The summed E-state index contributed by atoms with van der Waals surface area (Å²) < 4.78 is 33.7. The van der Waals surface area contributed by atoms with E-state index in [0.29, 0.717) is 0 Å². The van der Waals surface area contributed by atoms with Crippen LogP contribution in [0.3, 0.4) is 0 Å². The summed E-state index contributed by atoms with van der Waals surface area (Å²) in [5.74, 6) is 1.36. The first-order valence-electron chi connectivity index (χ1n) is 12.3. The Bertz CT molecular complexity index is 761. The predicted octanol–water partition coefficient (Wildman–Crippen LogP) is 4.55. The van der Waals surface area contributed by atoms with E-state index in [4.69, 9.17) is 5.11 Å². The number of nitrogens with zero attached hydrogens (tertiary/aromatic N) is 2. The van der Waals surface area contributed by atoms with Gasteiger partial charge in [-0.2, -0.15) is 0 Å². The van der Waals surface area contributed by atoms with Gasteiger partial charge < -0.3 is 9.66 Å². The number of β-amino-alcohol motifs (C(OH)–C–C–N with tert-alkyl or cyclic N) is 1. The molecule has 0 amide bonds. The molecule has 0 unspecified atom stereocenters. The second-order valence-corrected chi connectivity index (χ2v) is 10.1. The highest BCUT2D eigenvalue weighted by atomic mass is 32.2. The predicted molar refractivity (Wildman–Crippen MR) is 130 cm³/mol. The summed E-state index contributed by atoms with van der Waals surface area (Å²) in [5, 5.41) is 9.02. The van der Waals surface area contributed by atoms with E-state index in [1.54, 1.807) is 12.1 Å². The fourth-order valence-electron chi connectivity index (χ4n) is 3.93. The Balaban J connectivity index is 0.000000389. The monoisotopic (exact) mass is 468 g/mol. The lowest BCUT2D eigenvalue weighted by Crippen LogP contribution is -2.29. The maximum atomic E-state index is 10.4. The summed E-state index contributed by atoms with van der Waals surface area (Å²) in [6.07, 6.45) is 14.0. The van der Waals surface area contributed by atoms with Gasteiger partial charge in [0.25, 0.3) is 0 Å². The van der Waals surface area contributed by atoms with Gasteiger partial charge in [0.1, 0.15) is 29.8 Å². The van der Waals surface area contributed by atoms with Gasteiger partial charge in [-0.1, -0.05) is 76.0 Å². The average Bonchev–Trinajstić information content (AvgIpc) is 3.09. The maximum absolute atomic E-state index is 10.4. The minimum absolute atomic E-state index is 0.178. The third kappa shape index (κ3) is 12.0. The molecular formula is C25H44N2O4S. The lowest BCUT2D eigenvalue weighted by atomic mass is 10.1. The van der Waals surface area contributed by atoms with Crippen LogP contribution in [0.25, 0.3) is 0 Å². The number of rotatable bonds is 14. The van der Waals surface area contributed by atoms with Crippen LogP contribution in [-0.4, -0.2) is 66.2 Å². The number of hydrogen-bond donors (Lipinski definition) is 1. The number of benzene rings is 1. The number of aliphatic hydroxyl groups excluding tert-OH is 1. The Morgan fingerprint density at radius 3 is 1.97 bits per heavy atom. The molecule has 6 nitrogen and oxygen atoms in total. The van der Waals surface area contributed by atoms with Crippen LogP contribution in [0.5, 0.6) is 0 Å². The molecule has 0 aliphatic carbocycles. The Morgan fingerprint density at radius 2 is 1.47 bits per heavy atom. The Morgan fingerprint density at radius 1 is 0.938 bits per heavy atom. The van der Waals surface area contributed by atoms with E-state index in [-0.39, 0.29) is 11.5 Å². The highest BCUT2D eigenvalue weighted by Crippen LogP contribution is 2.11. The fourth-order valence-corrected chi connectivity index (χ4v) is 4.40. The van der Waals surface area contributed by atoms with Crippen molar-refractivity contribution in [3.05, 3.63) is 29.8 Å². The zero-order valence-electron chi connectivity index (χ0n) is 20.4. The van der Waals surface area contributed by atoms with Crippen LogP contribution in [0.2, 0.25) is 0 Å². The molecule has 7 heteroatoms. The number of aryl methyl sites for hydroxylation is 1. The number of unbranched alkanes of at least 4 members (excludes halogenated alkanes) is 9. The van der Waals surface area contributed by atoms with Gasteiger partial charge in [-0.3, -0.25) is 9.48 Å². The lowest BCUT2D eigenvalue weighted by Gasteiger charge is -2.08. The van der Waals surface area contributed by atoms with Gasteiger partial charge >= 0.3 is 0 Å². The molecule has 1 aliphatic heterocycles. The highest BCUT2D eigenvalue weighted by Gasteiger charge is 2.25. The van der Waals surface area contributed by atoms with Crippen LogP contribution < -0.4 is 0 Å². The zero-order valence-corrected chi connectivity index (χ0v) is 21.2. The first-order chi connectivity index (χ1) is 15.3. The molecule has 0 bridgehead atoms. The molecule has 1 aromatic carbocycles. The Hall–Kier alpha value is -1.44. The first kappa shape index (κ1) is 28.6. The van der Waals surface area contributed by atoms with Crippen molar-refractivity contribution in [3.8, 4) is 0 Å². The molecule has 0 radical (unpaired) electrons. The van der Waals surface area contributed by atoms with E-state index >= 15 is 0 Å². The first-order valence-corrected chi connectivity index (χ1v) is 13.7. The normalized spacial score (nSPS) is 14.0. The molecule has 32 heavy (non-hydrogen) atoms. The van der Waals surface area contributed by atoms with Crippen molar-refractivity contribution in [2.75, 3.05) is 32.8 Å². The Kier molecular flexibility index (Phi) is 14.5. The zero-order chi connectivity index (χ0) is 23.8. The van der Waals surface area contributed by atoms with Crippen LogP contribution in [0.4, 0.5) is 0 Å². The standard InChI is InChI=1S/C18H37N2O.C7H8O3S/c1-3-4-5-6-7-8-9-10-11-12-13-19-14-15-20(16-17-21)18(19)2;1-6-2-4-7(5-3-6)11(8,9)10/h21H,3-17H2,1-2H3;2-5H,1H3,(H,8,9,10)/q+1;/p-1. The van der Waals surface area contributed by atoms with E-state index < -0.39 is 10.1 Å². The van der Waals surface area contributed by atoms with Gasteiger partial charge in [-0.25, -0.2) is 8.42 Å². The summed E-state index contributed by atoms with van der Waals surface area (Å²) >= 11 is 0. The minimum Gasteiger partial charge on any atom is -0.744 e. The van der Waals surface area contributed by atoms with E-state index in [1.165, 1.54) is 88.7 Å². The molecule has 0 aromatic heterocycles. The van der Waals surface area contributed by atoms with Crippen molar-refractivity contribution in [2.45, 2.75) is 89.9 Å². The molecule has 1 aliphatic rings. The molecule has 0 saturated carbocycles. The molecule has 0 fully saturated rings. The summed E-state index contributed by atoms with van der Waals surface area (Å²) in [4.78, 5) is 2.12. The topological polar surface area (TPSA) is 83.7 Å². The van der Waals surface area contributed by atoms with E-state index in [2.05, 4.69) is 23.3 Å². The molecule has 1 aromatic rings. The molecule has 0 saturated heterocycles. The largest absolute Gasteiger partial charge is 0.744 e. The van der Waals surface area contributed by atoms with Crippen molar-refractivity contribution in [1.29, 1.82) is 0 Å². The molecule has 2 rings (SSSR count). The van der Waals surface area contributed by atoms with Crippen LogP contribution in [0.15, 0.2) is 29.2 Å². The van der Waals surface area contributed by atoms with Crippen LogP contribution >= 0.6 is 0 Å². The maximum Gasteiger partial charge on any atom is 0.243 e. The lowest BCUT2D eigenvalue weighted by molar-refractivity contribution is -0.519. The SMILES string of the molecule is CCCCCCCCCCCC[N+]1=C(C)N(CCO)CC1.Cc1ccc(S(=O)(=O)[O-])cc1. The molecule has 1 N–H and O–H groups in total. The summed E-state index contributed by atoms with van der Waals surface area (Å²) in [6.45, 7) is 10.8. The molecule has 0 atom stereocenters. The van der Waals surface area contributed by atoms with Crippen LogP contribution in [-0.2, 0) is 10.1 Å². The fraction of sp³-hybridized carbons (Fsp3) is 0.720. The van der Waals surface area contributed by atoms with Crippen molar-refractivity contribution < 1.29 is 22.7 Å². The van der Waals surface area contributed by atoms with Crippen molar-refractivity contribution in [1.82, 2.24) is 4.90 Å². The summed E-state index contributed by atoms with van der Waals surface area (Å²) in [7, 11) is -4.27. The number of aliphatic hydroxyl groups is 1. The van der Waals surface area contributed by atoms with Gasteiger partial charge in [-0.15, -0.1) is 0 Å². The van der Waals surface area contributed by atoms with E-state index in [0.717, 1.165) is 25.2 Å². The third-order valence-electron chi connectivity index (χ3n) is 6.02. The van der Waals surface area contributed by atoms with Crippen LogP contribution in [0, 0.1) is 6.92 Å². The minimum atomic E-state index is -4.27. The van der Waals surface area contributed by atoms with Crippen molar-refractivity contribution >= 4 is 16.0 Å². The molecule has 0 spiro atoms. The average molecular weight is 469 g/mol. The van der Waals surface area contributed by atoms with E-state index in [9.17, 15) is 13.0 Å². The second-order valence-electron chi connectivity index (χ2n) is 8.69. The molecular weight excluding hydrogens is 424 g/mol. The molecule has 184 valence electrons. The second kappa shape index (κ2) is 16.2. The summed E-state index contributed by atoms with van der Waals surface area (Å²) in [5.41, 5.74) is 0.928. The van der Waals surface area contributed by atoms with Crippen molar-refractivity contribution in [2.24, 2.45) is 0 Å². The summed E-state index contributed by atoms with van der Waals surface area (Å²) in [6, 6.07) is 5.78. The van der Waals surface area contributed by atoms with E-state index in [1.807, 2.05) is 6.92 Å². The van der Waals surface area contributed by atoms with Gasteiger partial charge in [0, 0.05) is 6.92 Å². The third-order valence-corrected chi connectivity index (χ3v) is 6.87. The number of hydrogen-bond acceptors (Lipinski definition) is 5. The smallest absolute Gasteiger partial charge is 0.243 e. The van der Waals surface area contributed by atoms with Gasteiger partial charge in [0.05, 0.1) is 18.0 Å². The quantitative estimate of drug-likeness (QED) is 0.246. The van der Waals surface area contributed by atoms with Crippen LogP contribution in [0.1, 0.15) is 83.6 Å². The van der Waals surface area contributed by atoms with Gasteiger partial charge in [0.15, 0.2) is 0 Å². The van der Waals surface area contributed by atoms with Gasteiger partial charge in [-0.05, 0) is 31.9 Å². The molecule has 1 heterocycles. The van der Waals surface area contributed by atoms with Crippen molar-refractivity contribution in [3.63, 3.8) is 0 Å². The number of amidine groups is 1. The Labute approximate surface area is 196 Å². The van der Waals surface area contributed by atoms with Gasteiger partial charge in [0.2, 0.25) is 5.84 Å². The highest BCUT2D eigenvalue weighted by molar-refractivity contribution is 7.85.